The molecule has 0 fully saturated rings. The second-order valence-electron chi connectivity index (χ2n) is 4.75. The number of halogens is 1. The third kappa shape index (κ3) is 3.09. The molecule has 1 amide bonds. The maximum absolute atomic E-state index is 12.1. The van der Waals surface area contributed by atoms with Gasteiger partial charge in [-0.3, -0.25) is 4.79 Å². The number of furan rings is 1. The Hall–Kier alpha value is -2.26. The van der Waals surface area contributed by atoms with Crippen molar-refractivity contribution in [2.75, 3.05) is 6.54 Å². The molecule has 0 radical (unpaired) electrons. The fourth-order valence-electron chi connectivity index (χ4n) is 2.19. The number of fused-ring (bicyclic) bond motifs is 1. The van der Waals surface area contributed by atoms with Gasteiger partial charge in [0.25, 0.3) is 5.91 Å². The van der Waals surface area contributed by atoms with Crippen molar-refractivity contribution in [2.45, 2.75) is 6.42 Å². The normalized spacial score (nSPS) is 10.7. The molecule has 21 heavy (non-hydrogen) atoms. The average Bonchev–Trinajstić information content (AvgIpc) is 2.93. The zero-order valence-corrected chi connectivity index (χ0v) is 12.1. The molecule has 0 aliphatic carbocycles. The van der Waals surface area contributed by atoms with Gasteiger partial charge in [0.15, 0.2) is 5.76 Å². The number of rotatable bonds is 4. The van der Waals surface area contributed by atoms with Crippen LogP contribution in [0.3, 0.4) is 0 Å². The largest absolute Gasteiger partial charge is 0.451 e. The Morgan fingerprint density at radius 1 is 1.10 bits per heavy atom. The lowest BCUT2D eigenvalue weighted by Crippen LogP contribution is -2.25. The first kappa shape index (κ1) is 13.7. The number of benzene rings is 2. The van der Waals surface area contributed by atoms with E-state index >= 15 is 0 Å². The zero-order chi connectivity index (χ0) is 14.7. The van der Waals surface area contributed by atoms with Crippen molar-refractivity contribution in [1.82, 2.24) is 5.32 Å². The molecule has 3 aromatic rings. The molecule has 3 nitrogen and oxygen atoms in total. The molecule has 3 rings (SSSR count). The lowest BCUT2D eigenvalue weighted by Gasteiger charge is -2.05. The third-order valence-corrected chi connectivity index (χ3v) is 3.66. The summed E-state index contributed by atoms with van der Waals surface area (Å²) < 4.78 is 5.52. The molecule has 1 heterocycles. The van der Waals surface area contributed by atoms with Gasteiger partial charge in [0.2, 0.25) is 0 Å². The first-order valence-corrected chi connectivity index (χ1v) is 7.12. The number of para-hydroxylation sites is 1. The predicted molar refractivity (Wildman–Crippen MR) is 83.7 cm³/mol. The van der Waals surface area contributed by atoms with Gasteiger partial charge in [0.05, 0.1) is 0 Å². The van der Waals surface area contributed by atoms with E-state index in [1.54, 1.807) is 6.07 Å². The van der Waals surface area contributed by atoms with E-state index in [1.807, 2.05) is 48.5 Å². The summed E-state index contributed by atoms with van der Waals surface area (Å²) in [6.45, 7) is 0.514. The highest BCUT2D eigenvalue weighted by molar-refractivity contribution is 6.31. The number of hydrogen-bond acceptors (Lipinski definition) is 2. The molecule has 0 aliphatic heterocycles. The van der Waals surface area contributed by atoms with E-state index in [0.29, 0.717) is 24.3 Å². The number of nitrogens with one attached hydrogen (secondary N) is 1. The van der Waals surface area contributed by atoms with Crippen molar-refractivity contribution < 1.29 is 9.21 Å². The van der Waals surface area contributed by atoms with E-state index in [-0.39, 0.29) is 5.91 Å². The van der Waals surface area contributed by atoms with Gasteiger partial charge in [-0.1, -0.05) is 48.0 Å². The van der Waals surface area contributed by atoms with Crippen LogP contribution >= 0.6 is 11.6 Å². The Morgan fingerprint density at radius 2 is 1.86 bits per heavy atom. The lowest BCUT2D eigenvalue weighted by atomic mass is 10.1. The van der Waals surface area contributed by atoms with Gasteiger partial charge < -0.3 is 9.73 Å². The van der Waals surface area contributed by atoms with Crippen molar-refractivity contribution >= 4 is 28.5 Å². The quantitative estimate of drug-likeness (QED) is 0.789. The van der Waals surface area contributed by atoms with Crippen LogP contribution in [0.5, 0.6) is 0 Å². The molecule has 0 aliphatic rings. The average molecular weight is 300 g/mol. The molecule has 0 spiro atoms. The molecule has 1 N–H and O–H groups in total. The van der Waals surface area contributed by atoms with Gasteiger partial charge in [-0.15, -0.1) is 0 Å². The first-order chi connectivity index (χ1) is 10.2. The lowest BCUT2D eigenvalue weighted by molar-refractivity contribution is 0.0928. The minimum Gasteiger partial charge on any atom is -0.451 e. The highest BCUT2D eigenvalue weighted by Crippen LogP contribution is 2.19. The number of hydrogen-bond donors (Lipinski definition) is 1. The molecule has 106 valence electrons. The second kappa shape index (κ2) is 6.02. The fraction of sp³-hybridized carbons (Fsp3) is 0.118. The van der Waals surface area contributed by atoms with Crippen molar-refractivity contribution in [3.05, 3.63) is 70.9 Å². The van der Waals surface area contributed by atoms with E-state index in [4.69, 9.17) is 16.0 Å². The summed E-state index contributed by atoms with van der Waals surface area (Å²) in [5.74, 6) is 0.119. The summed E-state index contributed by atoms with van der Waals surface area (Å²) in [5.41, 5.74) is 1.73. The number of amides is 1. The molecule has 0 atom stereocenters. The Kier molecular flexibility index (Phi) is 3.93. The number of carbonyl (C=O) groups is 1. The van der Waals surface area contributed by atoms with Crippen molar-refractivity contribution in [3.8, 4) is 0 Å². The van der Waals surface area contributed by atoms with E-state index in [9.17, 15) is 4.79 Å². The van der Waals surface area contributed by atoms with Crippen LogP contribution in [0.1, 0.15) is 16.1 Å². The van der Waals surface area contributed by atoms with Gasteiger partial charge in [0.1, 0.15) is 5.58 Å². The fourth-order valence-corrected chi connectivity index (χ4v) is 2.42. The second-order valence-corrected chi connectivity index (χ2v) is 5.15. The summed E-state index contributed by atoms with van der Waals surface area (Å²) in [6, 6.07) is 16.9. The summed E-state index contributed by atoms with van der Waals surface area (Å²) in [4.78, 5) is 12.1. The van der Waals surface area contributed by atoms with E-state index in [0.717, 1.165) is 16.0 Å². The number of carbonyl (C=O) groups excluding carboxylic acids is 1. The van der Waals surface area contributed by atoms with Crippen LogP contribution in [-0.2, 0) is 6.42 Å². The Morgan fingerprint density at radius 3 is 2.67 bits per heavy atom. The van der Waals surface area contributed by atoms with E-state index in [2.05, 4.69) is 5.32 Å². The van der Waals surface area contributed by atoms with Crippen LogP contribution in [0, 0.1) is 0 Å². The molecular formula is C17H14ClNO2. The topological polar surface area (TPSA) is 42.2 Å². The Bertz CT molecular complexity index is 746. The maximum Gasteiger partial charge on any atom is 0.287 e. The van der Waals surface area contributed by atoms with Gasteiger partial charge in [-0.25, -0.2) is 0 Å². The molecular weight excluding hydrogens is 286 g/mol. The third-order valence-electron chi connectivity index (χ3n) is 3.29. The van der Waals surface area contributed by atoms with Gasteiger partial charge in [-0.05, 0) is 30.2 Å². The summed E-state index contributed by atoms with van der Waals surface area (Å²) in [7, 11) is 0. The molecule has 0 saturated carbocycles. The van der Waals surface area contributed by atoms with Crippen molar-refractivity contribution in [2.24, 2.45) is 0 Å². The standard InChI is InChI=1S/C17H14ClNO2/c18-14-7-3-1-5-12(14)9-10-19-17(20)16-11-13-6-2-4-8-15(13)21-16/h1-8,11H,9-10H2,(H,19,20). The monoisotopic (exact) mass is 299 g/mol. The van der Waals surface area contributed by atoms with Crippen LogP contribution < -0.4 is 5.32 Å². The molecule has 0 bridgehead atoms. The zero-order valence-electron chi connectivity index (χ0n) is 11.3. The smallest absolute Gasteiger partial charge is 0.287 e. The first-order valence-electron chi connectivity index (χ1n) is 6.74. The molecule has 1 aromatic heterocycles. The van der Waals surface area contributed by atoms with Crippen LogP contribution in [0.2, 0.25) is 5.02 Å². The van der Waals surface area contributed by atoms with Crippen LogP contribution in [0.4, 0.5) is 0 Å². The van der Waals surface area contributed by atoms with Crippen LogP contribution in [0.15, 0.2) is 59.0 Å². The minimum absolute atomic E-state index is 0.210. The van der Waals surface area contributed by atoms with Gasteiger partial charge in [0, 0.05) is 17.0 Å². The predicted octanol–water partition coefficient (Wildman–Crippen LogP) is 4.06. The SMILES string of the molecule is O=C(NCCc1ccccc1Cl)c1cc2ccccc2o1. The summed E-state index contributed by atoms with van der Waals surface area (Å²) >= 11 is 6.08. The highest BCUT2D eigenvalue weighted by atomic mass is 35.5. The highest BCUT2D eigenvalue weighted by Gasteiger charge is 2.11. The Balaban J connectivity index is 1.63. The Labute approximate surface area is 127 Å². The van der Waals surface area contributed by atoms with Crippen LogP contribution in [0.25, 0.3) is 11.0 Å². The van der Waals surface area contributed by atoms with Crippen molar-refractivity contribution in [3.63, 3.8) is 0 Å². The van der Waals surface area contributed by atoms with Crippen LogP contribution in [-0.4, -0.2) is 12.5 Å². The summed E-state index contributed by atoms with van der Waals surface area (Å²) in [5, 5.41) is 4.49. The van der Waals surface area contributed by atoms with E-state index in [1.165, 1.54) is 0 Å². The molecule has 0 unspecified atom stereocenters. The van der Waals surface area contributed by atoms with Gasteiger partial charge in [-0.2, -0.15) is 0 Å². The summed E-state index contributed by atoms with van der Waals surface area (Å²) in [6.07, 6.45) is 0.686. The molecule has 0 saturated heterocycles. The molecule has 2 aromatic carbocycles. The van der Waals surface area contributed by atoms with Gasteiger partial charge >= 0.3 is 0 Å². The minimum atomic E-state index is -0.210. The van der Waals surface area contributed by atoms with Crippen molar-refractivity contribution in [1.29, 1.82) is 0 Å². The maximum atomic E-state index is 12.1. The van der Waals surface area contributed by atoms with E-state index < -0.39 is 0 Å². The molecule has 4 heteroatoms.